The maximum absolute atomic E-state index is 13.4. The second-order valence-corrected chi connectivity index (χ2v) is 11.1. The molecule has 0 spiro atoms. The quantitative estimate of drug-likeness (QED) is 0.313. The van der Waals surface area contributed by atoms with Gasteiger partial charge in [-0.15, -0.1) is 15.3 Å². The Kier molecular flexibility index (Phi) is 7.89. The lowest BCUT2D eigenvalue weighted by molar-refractivity contribution is -0.132. The van der Waals surface area contributed by atoms with Gasteiger partial charge in [-0.3, -0.25) is 9.59 Å². The summed E-state index contributed by atoms with van der Waals surface area (Å²) in [5.41, 5.74) is 0.676. The molecule has 1 fully saturated rings. The van der Waals surface area contributed by atoms with Crippen LogP contribution in [0.3, 0.4) is 0 Å². The number of nitrogens with zero attached hydrogens (tertiary/aromatic N) is 5. The zero-order valence-corrected chi connectivity index (χ0v) is 24.7. The Morgan fingerprint density at radius 1 is 1.00 bits per heavy atom. The Hall–Kier alpha value is -5.20. The van der Waals surface area contributed by atoms with E-state index in [-0.39, 0.29) is 23.0 Å². The predicted octanol–water partition coefficient (Wildman–Crippen LogP) is 4.99. The molecule has 13 heteroatoms. The van der Waals surface area contributed by atoms with Crippen LogP contribution in [-0.4, -0.2) is 68.1 Å². The molecule has 1 aliphatic heterocycles. The van der Waals surface area contributed by atoms with Crippen LogP contribution in [0.4, 0.5) is 10.6 Å². The summed E-state index contributed by atoms with van der Waals surface area (Å²) >= 11 is 0. The van der Waals surface area contributed by atoms with E-state index >= 15 is 0 Å². The van der Waals surface area contributed by atoms with Crippen molar-refractivity contribution in [2.24, 2.45) is 0 Å². The van der Waals surface area contributed by atoms with Crippen LogP contribution >= 0.6 is 0 Å². The van der Waals surface area contributed by atoms with Crippen molar-refractivity contribution < 1.29 is 33.0 Å². The van der Waals surface area contributed by atoms with Crippen LogP contribution in [0.1, 0.15) is 49.1 Å². The third-order valence-corrected chi connectivity index (χ3v) is 6.36. The standard InChI is InChI=1S/C30H32N6O7/c1-17-13-25(34-36(17)29(39)43-30(3,4)5)31-26(37)20-14-22(16-23(15-20)42-24-11-12-35(6)28(24)38)41-21-9-7-19(8-10-21)27-33-32-18(2)40-27/h7-10,13-16,24H,11-12H2,1-6H3,(H,31,34,37). The first-order chi connectivity index (χ1) is 20.3. The molecular weight excluding hydrogens is 556 g/mol. The molecule has 1 saturated heterocycles. The number of aromatic nitrogens is 4. The molecule has 1 N–H and O–H groups in total. The van der Waals surface area contributed by atoms with Crippen molar-refractivity contribution >= 4 is 23.7 Å². The van der Waals surface area contributed by atoms with Crippen molar-refractivity contribution in [1.29, 1.82) is 0 Å². The molecule has 4 aromatic rings. The van der Waals surface area contributed by atoms with Crippen LogP contribution < -0.4 is 14.8 Å². The first-order valence-electron chi connectivity index (χ1n) is 13.6. The van der Waals surface area contributed by atoms with E-state index < -0.39 is 23.7 Å². The maximum atomic E-state index is 13.4. The fourth-order valence-electron chi connectivity index (χ4n) is 4.32. The number of carbonyl (C=O) groups excluding carboxylic acids is 3. The second kappa shape index (κ2) is 11.6. The Bertz CT molecular complexity index is 1670. The number of rotatable bonds is 7. The van der Waals surface area contributed by atoms with Crippen molar-refractivity contribution in [3.63, 3.8) is 0 Å². The summed E-state index contributed by atoms with van der Waals surface area (Å²) in [4.78, 5) is 40.0. The highest BCUT2D eigenvalue weighted by Crippen LogP contribution is 2.31. The summed E-state index contributed by atoms with van der Waals surface area (Å²) in [5.74, 6) is 1.38. The van der Waals surface area contributed by atoms with Gasteiger partial charge < -0.3 is 28.8 Å². The number of anilines is 1. The molecule has 43 heavy (non-hydrogen) atoms. The molecule has 13 nitrogen and oxygen atoms in total. The van der Waals surface area contributed by atoms with E-state index in [0.29, 0.717) is 41.9 Å². The molecule has 0 radical (unpaired) electrons. The molecule has 0 aliphatic carbocycles. The van der Waals surface area contributed by atoms with Crippen LogP contribution in [0.15, 0.2) is 52.9 Å². The summed E-state index contributed by atoms with van der Waals surface area (Å²) in [5, 5.41) is 14.8. The molecule has 5 rings (SSSR count). The van der Waals surface area contributed by atoms with Gasteiger partial charge in [0.05, 0.1) is 0 Å². The third-order valence-electron chi connectivity index (χ3n) is 6.36. The summed E-state index contributed by atoms with van der Waals surface area (Å²) in [7, 11) is 1.71. The average molecular weight is 589 g/mol. The van der Waals surface area contributed by atoms with Crippen LogP contribution in [0.2, 0.25) is 0 Å². The van der Waals surface area contributed by atoms with E-state index in [9.17, 15) is 14.4 Å². The minimum atomic E-state index is -0.711. The topological polar surface area (TPSA) is 151 Å². The molecule has 2 amide bonds. The number of aryl methyl sites for hydroxylation is 2. The fraction of sp³-hybridized carbons (Fsp3) is 0.333. The van der Waals surface area contributed by atoms with Gasteiger partial charge in [-0.1, -0.05) is 0 Å². The molecule has 1 atom stereocenters. The normalized spacial score (nSPS) is 15.0. The van der Waals surface area contributed by atoms with Gasteiger partial charge in [0.15, 0.2) is 11.9 Å². The summed E-state index contributed by atoms with van der Waals surface area (Å²) in [6.07, 6.45) is -0.830. The molecule has 2 aromatic heterocycles. The highest BCUT2D eigenvalue weighted by Gasteiger charge is 2.31. The zero-order valence-electron chi connectivity index (χ0n) is 24.7. The van der Waals surface area contributed by atoms with E-state index in [2.05, 4.69) is 20.6 Å². The van der Waals surface area contributed by atoms with Crippen molar-refractivity contribution in [2.75, 3.05) is 18.9 Å². The third kappa shape index (κ3) is 7.00. The summed E-state index contributed by atoms with van der Waals surface area (Å²) in [6, 6.07) is 13.2. The number of hydrogen-bond acceptors (Lipinski definition) is 10. The van der Waals surface area contributed by atoms with E-state index in [1.807, 2.05) is 0 Å². The maximum Gasteiger partial charge on any atom is 0.435 e. The number of nitrogens with one attached hydrogen (secondary N) is 1. The lowest BCUT2D eigenvalue weighted by Crippen LogP contribution is -2.29. The van der Waals surface area contributed by atoms with Gasteiger partial charge in [0.2, 0.25) is 11.8 Å². The lowest BCUT2D eigenvalue weighted by atomic mass is 10.1. The predicted molar refractivity (Wildman–Crippen MR) is 154 cm³/mol. The highest BCUT2D eigenvalue weighted by atomic mass is 16.6. The Morgan fingerprint density at radius 2 is 1.72 bits per heavy atom. The number of amides is 2. The first kappa shape index (κ1) is 29.3. The largest absolute Gasteiger partial charge is 0.480 e. The van der Waals surface area contributed by atoms with Gasteiger partial charge in [-0.25, -0.2) is 4.79 Å². The van der Waals surface area contributed by atoms with Crippen molar-refractivity contribution in [3.8, 4) is 28.7 Å². The van der Waals surface area contributed by atoms with Crippen LogP contribution in [0.5, 0.6) is 17.2 Å². The Balaban J connectivity index is 1.39. The van der Waals surface area contributed by atoms with Gasteiger partial charge in [-0.05, 0) is 64.1 Å². The van der Waals surface area contributed by atoms with Crippen LogP contribution in [-0.2, 0) is 9.53 Å². The van der Waals surface area contributed by atoms with Gasteiger partial charge >= 0.3 is 6.09 Å². The van der Waals surface area contributed by atoms with Gasteiger partial charge in [0.1, 0.15) is 22.8 Å². The minimum Gasteiger partial charge on any atom is -0.480 e. The second-order valence-electron chi connectivity index (χ2n) is 11.1. The van der Waals surface area contributed by atoms with Gasteiger partial charge in [0.25, 0.3) is 11.8 Å². The van der Waals surface area contributed by atoms with Crippen molar-refractivity contribution in [1.82, 2.24) is 24.9 Å². The summed E-state index contributed by atoms with van der Waals surface area (Å²) in [6.45, 7) is 9.21. The van der Waals surface area contributed by atoms with Crippen molar-refractivity contribution in [3.05, 3.63) is 65.7 Å². The summed E-state index contributed by atoms with van der Waals surface area (Å²) < 4.78 is 24.0. The Morgan fingerprint density at radius 3 is 2.35 bits per heavy atom. The van der Waals surface area contributed by atoms with Gasteiger partial charge in [-0.2, -0.15) is 4.68 Å². The molecule has 2 aromatic carbocycles. The molecule has 1 unspecified atom stereocenters. The number of likely N-dealkylation sites (tertiary alicyclic amines) is 1. The smallest absolute Gasteiger partial charge is 0.435 e. The van der Waals surface area contributed by atoms with E-state index in [1.54, 1.807) is 83.0 Å². The highest BCUT2D eigenvalue weighted by molar-refractivity contribution is 6.04. The minimum absolute atomic E-state index is 0.146. The van der Waals surface area contributed by atoms with Crippen molar-refractivity contribution in [2.45, 2.75) is 52.7 Å². The molecule has 224 valence electrons. The van der Waals surface area contributed by atoms with E-state index in [0.717, 1.165) is 10.2 Å². The number of hydrogen-bond donors (Lipinski definition) is 1. The van der Waals surface area contributed by atoms with E-state index in [1.165, 1.54) is 12.1 Å². The first-order valence-corrected chi connectivity index (χ1v) is 13.6. The Labute approximate surface area is 247 Å². The molecule has 3 heterocycles. The number of benzene rings is 2. The van der Waals surface area contributed by atoms with E-state index in [4.69, 9.17) is 18.6 Å². The van der Waals surface area contributed by atoms with Crippen LogP contribution in [0, 0.1) is 13.8 Å². The zero-order chi connectivity index (χ0) is 30.9. The fourth-order valence-corrected chi connectivity index (χ4v) is 4.32. The lowest BCUT2D eigenvalue weighted by Gasteiger charge is -2.19. The molecular formula is C30H32N6O7. The molecule has 0 saturated carbocycles. The molecule has 1 aliphatic rings. The van der Waals surface area contributed by atoms with Crippen LogP contribution in [0.25, 0.3) is 11.5 Å². The SMILES string of the molecule is Cc1nnc(-c2ccc(Oc3cc(OC4CCN(C)C4=O)cc(C(=O)Nc4cc(C)n(C(=O)OC(C)(C)C)n4)c3)cc2)o1. The monoisotopic (exact) mass is 588 g/mol. The number of likely N-dealkylation sites (N-methyl/N-ethyl adjacent to an activating group) is 1. The average Bonchev–Trinajstić information content (AvgIpc) is 3.62. The number of carbonyl (C=O) groups is 3. The molecule has 0 bridgehead atoms. The number of ether oxygens (including phenoxy) is 3. The van der Waals surface area contributed by atoms with Gasteiger partial charge in [0, 0.05) is 55.9 Å².